The summed E-state index contributed by atoms with van der Waals surface area (Å²) in [4.78, 5) is 24.1. The van der Waals surface area contributed by atoms with Crippen LogP contribution in [-0.4, -0.2) is 30.9 Å². The van der Waals surface area contributed by atoms with Gasteiger partial charge in [-0.3, -0.25) is 0 Å². The van der Waals surface area contributed by atoms with Crippen molar-refractivity contribution in [2.45, 2.75) is 25.2 Å². The summed E-state index contributed by atoms with van der Waals surface area (Å²) in [5.41, 5.74) is 1.35. The number of carbonyl (C=O) groups excluding carboxylic acids is 2. The van der Waals surface area contributed by atoms with Crippen LogP contribution in [0.1, 0.15) is 11.1 Å². The predicted octanol–water partition coefficient (Wildman–Crippen LogP) is 4.39. The van der Waals surface area contributed by atoms with Crippen LogP contribution in [0.4, 0.5) is 18.0 Å². The molecule has 0 radical (unpaired) electrons. The van der Waals surface area contributed by atoms with Crippen LogP contribution in [0.5, 0.6) is 0 Å². The molecule has 2 aromatic carbocycles. The van der Waals surface area contributed by atoms with E-state index in [0.29, 0.717) is 5.56 Å². The van der Waals surface area contributed by atoms with Gasteiger partial charge in [0.15, 0.2) is 6.61 Å². The van der Waals surface area contributed by atoms with E-state index in [1.54, 1.807) is 54.6 Å². The molecule has 0 aliphatic rings. The van der Waals surface area contributed by atoms with Gasteiger partial charge in [-0.2, -0.15) is 13.2 Å². The van der Waals surface area contributed by atoms with Gasteiger partial charge in [0.1, 0.15) is 12.6 Å². The van der Waals surface area contributed by atoms with Crippen molar-refractivity contribution in [2.75, 3.05) is 6.61 Å². The number of rotatable bonds is 7. The normalized spacial score (nSPS) is 12.1. The summed E-state index contributed by atoms with van der Waals surface area (Å²) < 4.78 is 47.1. The molecule has 0 spiro atoms. The Balaban J connectivity index is 2.00. The molecule has 2 rings (SSSR count). The van der Waals surface area contributed by atoms with E-state index < -0.39 is 30.9 Å². The Morgan fingerprint density at radius 3 is 2.21 bits per heavy atom. The second kappa shape index (κ2) is 10.1. The van der Waals surface area contributed by atoms with Gasteiger partial charge in [0.25, 0.3) is 0 Å². The molecule has 0 aliphatic carbocycles. The summed E-state index contributed by atoms with van der Waals surface area (Å²) >= 11 is 3.26. The Labute approximate surface area is 168 Å². The molecule has 0 unspecified atom stereocenters. The molecule has 0 aliphatic heterocycles. The quantitative estimate of drug-likeness (QED) is 0.623. The van der Waals surface area contributed by atoms with E-state index in [1.807, 2.05) is 0 Å². The van der Waals surface area contributed by atoms with Crippen molar-refractivity contribution in [3.8, 4) is 0 Å². The molecule has 0 heterocycles. The zero-order chi connectivity index (χ0) is 20.6. The minimum absolute atomic E-state index is 0.0464. The Bertz CT molecular complexity index is 782. The van der Waals surface area contributed by atoms with Crippen LogP contribution in [-0.2, 0) is 27.3 Å². The third-order valence-electron chi connectivity index (χ3n) is 3.52. The topological polar surface area (TPSA) is 64.6 Å². The highest BCUT2D eigenvalue weighted by atomic mass is 79.9. The Hall–Kier alpha value is -2.55. The van der Waals surface area contributed by atoms with Crippen molar-refractivity contribution >= 4 is 28.0 Å². The lowest BCUT2D eigenvalue weighted by atomic mass is 10.1. The second-order valence-electron chi connectivity index (χ2n) is 5.81. The first-order valence-corrected chi connectivity index (χ1v) is 8.97. The van der Waals surface area contributed by atoms with Crippen LogP contribution in [0.2, 0.25) is 0 Å². The number of hydrogen-bond donors (Lipinski definition) is 1. The first kappa shape index (κ1) is 21.7. The first-order valence-electron chi connectivity index (χ1n) is 8.18. The molecular weight excluding hydrogens is 443 g/mol. The van der Waals surface area contributed by atoms with Gasteiger partial charge in [0.05, 0.1) is 0 Å². The molecule has 0 saturated carbocycles. The SMILES string of the molecule is O=C(N[C@H](Cc1ccc(Br)cc1)C(=O)OCC(F)(F)F)OCc1ccccc1. The molecular formula is C19H17BrF3NO4. The zero-order valence-electron chi connectivity index (χ0n) is 14.5. The predicted molar refractivity (Wildman–Crippen MR) is 98.4 cm³/mol. The third kappa shape index (κ3) is 7.99. The number of alkyl carbamates (subject to hydrolysis) is 1. The minimum atomic E-state index is -4.66. The molecule has 0 saturated heterocycles. The lowest BCUT2D eigenvalue weighted by Gasteiger charge is -2.18. The fourth-order valence-electron chi connectivity index (χ4n) is 2.21. The number of amides is 1. The van der Waals surface area contributed by atoms with E-state index in [0.717, 1.165) is 10.0 Å². The standard InChI is InChI=1S/C19H17BrF3NO4/c20-15-8-6-13(7-9-15)10-16(17(25)28-12-19(21,22)23)24-18(26)27-11-14-4-2-1-3-5-14/h1-9,16H,10-12H2,(H,24,26)/t16-/m1/s1. The fraction of sp³-hybridized carbons (Fsp3) is 0.263. The summed E-state index contributed by atoms with van der Waals surface area (Å²) in [5, 5.41) is 2.27. The zero-order valence-corrected chi connectivity index (χ0v) is 16.1. The molecule has 1 amide bonds. The maximum Gasteiger partial charge on any atom is 0.422 e. The Morgan fingerprint density at radius 2 is 1.61 bits per heavy atom. The van der Waals surface area contributed by atoms with E-state index in [-0.39, 0.29) is 13.0 Å². The van der Waals surface area contributed by atoms with Gasteiger partial charge < -0.3 is 14.8 Å². The average molecular weight is 460 g/mol. The van der Waals surface area contributed by atoms with Crippen LogP contribution < -0.4 is 5.32 Å². The Kier molecular flexibility index (Phi) is 7.86. The van der Waals surface area contributed by atoms with Crippen molar-refractivity contribution in [1.82, 2.24) is 5.32 Å². The molecule has 9 heteroatoms. The highest BCUT2D eigenvalue weighted by molar-refractivity contribution is 9.10. The maximum atomic E-state index is 12.3. The van der Waals surface area contributed by atoms with Gasteiger partial charge in [-0.1, -0.05) is 58.4 Å². The summed E-state index contributed by atoms with van der Waals surface area (Å²) in [6.07, 6.45) is -5.65. The molecule has 1 N–H and O–H groups in total. The van der Waals surface area contributed by atoms with Gasteiger partial charge in [0, 0.05) is 10.9 Å². The lowest BCUT2D eigenvalue weighted by molar-refractivity contribution is -0.187. The van der Waals surface area contributed by atoms with Gasteiger partial charge in [-0.05, 0) is 23.3 Å². The number of alkyl halides is 3. The largest absolute Gasteiger partial charge is 0.454 e. The highest BCUT2D eigenvalue weighted by Gasteiger charge is 2.32. The molecule has 0 aromatic heterocycles. The van der Waals surface area contributed by atoms with E-state index in [2.05, 4.69) is 26.0 Å². The number of nitrogens with one attached hydrogen (secondary N) is 1. The second-order valence-corrected chi connectivity index (χ2v) is 6.73. The Morgan fingerprint density at radius 1 is 0.964 bits per heavy atom. The summed E-state index contributed by atoms with van der Waals surface area (Å²) in [5.74, 6) is -1.20. The van der Waals surface area contributed by atoms with E-state index in [1.165, 1.54) is 0 Å². The average Bonchev–Trinajstić information content (AvgIpc) is 2.66. The van der Waals surface area contributed by atoms with Crippen molar-refractivity contribution in [1.29, 1.82) is 0 Å². The summed E-state index contributed by atoms with van der Waals surface area (Å²) in [6.45, 7) is -1.78. The molecule has 1 atom stereocenters. The monoisotopic (exact) mass is 459 g/mol. The molecule has 150 valence electrons. The number of carbonyl (C=O) groups is 2. The van der Waals surface area contributed by atoms with Crippen LogP contribution in [0, 0.1) is 0 Å². The smallest absolute Gasteiger partial charge is 0.422 e. The number of esters is 1. The first-order chi connectivity index (χ1) is 13.2. The van der Waals surface area contributed by atoms with Gasteiger partial charge >= 0.3 is 18.2 Å². The third-order valence-corrected chi connectivity index (χ3v) is 4.05. The molecule has 5 nitrogen and oxygen atoms in total. The van der Waals surface area contributed by atoms with Crippen LogP contribution in [0.15, 0.2) is 59.1 Å². The fourth-order valence-corrected chi connectivity index (χ4v) is 2.47. The molecule has 0 fully saturated rings. The van der Waals surface area contributed by atoms with E-state index in [4.69, 9.17) is 4.74 Å². The van der Waals surface area contributed by atoms with Gasteiger partial charge in [0.2, 0.25) is 0 Å². The molecule has 2 aromatic rings. The maximum absolute atomic E-state index is 12.3. The number of ether oxygens (including phenoxy) is 2. The molecule has 0 bridgehead atoms. The van der Waals surface area contributed by atoms with Gasteiger partial charge in [-0.15, -0.1) is 0 Å². The van der Waals surface area contributed by atoms with Crippen molar-refractivity contribution < 1.29 is 32.2 Å². The van der Waals surface area contributed by atoms with Crippen LogP contribution in [0.3, 0.4) is 0 Å². The minimum Gasteiger partial charge on any atom is -0.454 e. The number of hydrogen-bond acceptors (Lipinski definition) is 4. The van der Waals surface area contributed by atoms with Gasteiger partial charge in [-0.25, -0.2) is 9.59 Å². The molecule has 28 heavy (non-hydrogen) atoms. The van der Waals surface area contributed by atoms with Crippen LogP contribution in [0.25, 0.3) is 0 Å². The lowest BCUT2D eigenvalue weighted by Crippen LogP contribution is -2.44. The summed E-state index contributed by atoms with van der Waals surface area (Å²) in [7, 11) is 0. The van der Waals surface area contributed by atoms with Crippen molar-refractivity contribution in [2.24, 2.45) is 0 Å². The van der Waals surface area contributed by atoms with Crippen molar-refractivity contribution in [3.05, 3.63) is 70.2 Å². The van der Waals surface area contributed by atoms with Crippen LogP contribution >= 0.6 is 15.9 Å². The van der Waals surface area contributed by atoms with E-state index in [9.17, 15) is 22.8 Å². The number of benzene rings is 2. The highest BCUT2D eigenvalue weighted by Crippen LogP contribution is 2.16. The van der Waals surface area contributed by atoms with Crippen molar-refractivity contribution in [3.63, 3.8) is 0 Å². The number of halogens is 4. The van der Waals surface area contributed by atoms with E-state index >= 15 is 0 Å². The summed E-state index contributed by atoms with van der Waals surface area (Å²) in [6, 6.07) is 14.2.